The van der Waals surface area contributed by atoms with Crippen molar-refractivity contribution in [1.82, 2.24) is 5.32 Å². The second-order valence-corrected chi connectivity index (χ2v) is 3.65. The van der Waals surface area contributed by atoms with Gasteiger partial charge in [0.1, 0.15) is 0 Å². The summed E-state index contributed by atoms with van der Waals surface area (Å²) >= 11 is 0. The van der Waals surface area contributed by atoms with Crippen LogP contribution < -0.4 is 10.1 Å². The van der Waals surface area contributed by atoms with Crippen LogP contribution in [0.4, 0.5) is 0 Å². The number of carbonyl (C=O) groups is 2. The van der Waals surface area contributed by atoms with Gasteiger partial charge in [-0.2, -0.15) is 0 Å². The molecular formula is C12H11NO4. The Kier molecular flexibility index (Phi) is 2.82. The van der Waals surface area contributed by atoms with Crippen molar-refractivity contribution >= 4 is 17.9 Å². The molecule has 1 heterocycles. The van der Waals surface area contributed by atoms with E-state index in [9.17, 15) is 14.7 Å². The summed E-state index contributed by atoms with van der Waals surface area (Å²) in [6.45, 7) is 0. The molecule has 2 N–H and O–H groups in total. The Balaban J connectivity index is 2.33. The van der Waals surface area contributed by atoms with E-state index < -0.39 is 0 Å². The van der Waals surface area contributed by atoms with Gasteiger partial charge in [0.2, 0.25) is 5.91 Å². The van der Waals surface area contributed by atoms with E-state index >= 15 is 0 Å². The third kappa shape index (κ3) is 2.28. The molecule has 1 aliphatic heterocycles. The van der Waals surface area contributed by atoms with Crippen molar-refractivity contribution < 1.29 is 19.4 Å². The van der Waals surface area contributed by atoms with E-state index in [-0.39, 0.29) is 24.0 Å². The number of phenols is 1. The number of hydrogen-bond acceptors (Lipinski definition) is 4. The number of nitrogens with one attached hydrogen (secondary N) is 1. The molecule has 0 saturated carbocycles. The zero-order valence-electron chi connectivity index (χ0n) is 9.19. The largest absolute Gasteiger partial charge is 0.504 e. The average Bonchev–Trinajstić information content (AvgIpc) is 2.60. The second kappa shape index (κ2) is 4.29. The molecule has 0 aromatic heterocycles. The molecule has 1 aromatic carbocycles. The van der Waals surface area contributed by atoms with Crippen molar-refractivity contribution in [1.29, 1.82) is 0 Å². The van der Waals surface area contributed by atoms with Crippen LogP contribution in [0.15, 0.2) is 23.8 Å². The molecule has 0 unspecified atom stereocenters. The van der Waals surface area contributed by atoms with Crippen LogP contribution in [0.5, 0.6) is 11.5 Å². The van der Waals surface area contributed by atoms with E-state index in [2.05, 4.69) is 5.32 Å². The van der Waals surface area contributed by atoms with Crippen molar-refractivity contribution in [2.75, 3.05) is 7.11 Å². The predicted molar refractivity (Wildman–Crippen MR) is 60.4 cm³/mol. The molecule has 0 radical (unpaired) electrons. The normalized spacial score (nSPS) is 17.4. The number of methoxy groups -OCH3 is 1. The van der Waals surface area contributed by atoms with E-state index in [1.807, 2.05) is 0 Å². The highest BCUT2D eigenvalue weighted by Crippen LogP contribution is 2.27. The van der Waals surface area contributed by atoms with E-state index in [4.69, 9.17) is 4.74 Å². The molecule has 5 heteroatoms. The van der Waals surface area contributed by atoms with Gasteiger partial charge >= 0.3 is 0 Å². The van der Waals surface area contributed by atoms with Gasteiger partial charge in [0.15, 0.2) is 11.5 Å². The highest BCUT2D eigenvalue weighted by atomic mass is 16.5. The molecule has 0 aliphatic carbocycles. The summed E-state index contributed by atoms with van der Waals surface area (Å²) in [5.41, 5.74) is 1.10. The van der Waals surface area contributed by atoms with Crippen molar-refractivity contribution in [3.8, 4) is 11.5 Å². The molecule has 17 heavy (non-hydrogen) atoms. The smallest absolute Gasteiger partial charge is 0.254 e. The molecule has 1 fully saturated rings. The monoisotopic (exact) mass is 233 g/mol. The average molecular weight is 233 g/mol. The Hall–Kier alpha value is -2.30. The first-order valence-corrected chi connectivity index (χ1v) is 5.02. The maximum absolute atomic E-state index is 11.3. The Bertz CT molecular complexity index is 519. The highest BCUT2D eigenvalue weighted by Gasteiger charge is 2.23. The van der Waals surface area contributed by atoms with Gasteiger partial charge in [-0.3, -0.25) is 14.9 Å². The Labute approximate surface area is 97.7 Å². The minimum atomic E-state index is -0.373. The molecule has 0 bridgehead atoms. The topological polar surface area (TPSA) is 75.6 Å². The quantitative estimate of drug-likeness (QED) is 0.586. The maximum Gasteiger partial charge on any atom is 0.254 e. The van der Waals surface area contributed by atoms with Gasteiger partial charge in [-0.05, 0) is 23.8 Å². The zero-order valence-corrected chi connectivity index (χ0v) is 9.19. The summed E-state index contributed by atoms with van der Waals surface area (Å²) in [6.07, 6.45) is 1.68. The van der Waals surface area contributed by atoms with Gasteiger partial charge in [0.25, 0.3) is 5.91 Å². The van der Waals surface area contributed by atoms with Crippen LogP contribution >= 0.6 is 0 Å². The minimum Gasteiger partial charge on any atom is -0.504 e. The minimum absolute atomic E-state index is 0.0293. The van der Waals surface area contributed by atoms with Gasteiger partial charge in [-0.15, -0.1) is 0 Å². The highest BCUT2D eigenvalue weighted by molar-refractivity contribution is 6.15. The van der Waals surface area contributed by atoms with Crippen molar-refractivity contribution in [2.24, 2.45) is 0 Å². The van der Waals surface area contributed by atoms with Crippen LogP contribution in [0.3, 0.4) is 0 Å². The first-order valence-electron chi connectivity index (χ1n) is 5.02. The van der Waals surface area contributed by atoms with Crippen LogP contribution in [-0.2, 0) is 9.59 Å². The first kappa shape index (κ1) is 11.2. The Morgan fingerprint density at radius 2 is 2.18 bits per heavy atom. The summed E-state index contributed by atoms with van der Waals surface area (Å²) < 4.78 is 4.95. The lowest BCUT2D eigenvalue weighted by molar-refractivity contribution is -0.124. The fourth-order valence-corrected chi connectivity index (χ4v) is 1.61. The van der Waals surface area contributed by atoms with Gasteiger partial charge in [0.05, 0.1) is 13.5 Å². The standard InChI is InChI=1S/C12H11NO4/c1-17-10-5-7(2-3-9(10)14)4-8-6-11(15)13-12(8)16/h2-5,14H,6H2,1H3,(H,13,15,16). The fourth-order valence-electron chi connectivity index (χ4n) is 1.61. The molecule has 1 aromatic rings. The Morgan fingerprint density at radius 1 is 1.41 bits per heavy atom. The molecule has 1 aliphatic rings. The SMILES string of the molecule is COc1cc(C=C2CC(=O)NC2=O)ccc1O. The zero-order chi connectivity index (χ0) is 12.4. The van der Waals surface area contributed by atoms with E-state index in [1.165, 1.54) is 13.2 Å². The summed E-state index contributed by atoms with van der Waals surface area (Å²) in [5, 5.41) is 11.6. The Morgan fingerprint density at radius 3 is 2.76 bits per heavy atom. The molecule has 2 amide bonds. The van der Waals surface area contributed by atoms with E-state index in [0.29, 0.717) is 16.9 Å². The van der Waals surface area contributed by atoms with Gasteiger partial charge in [0, 0.05) is 5.57 Å². The number of rotatable bonds is 2. The molecule has 88 valence electrons. The van der Waals surface area contributed by atoms with Crippen molar-refractivity contribution in [3.63, 3.8) is 0 Å². The van der Waals surface area contributed by atoms with Gasteiger partial charge < -0.3 is 9.84 Å². The second-order valence-electron chi connectivity index (χ2n) is 3.65. The van der Waals surface area contributed by atoms with E-state index in [0.717, 1.165) is 0 Å². The molecule has 5 nitrogen and oxygen atoms in total. The van der Waals surface area contributed by atoms with Crippen LogP contribution in [-0.4, -0.2) is 24.0 Å². The number of aromatic hydroxyl groups is 1. The van der Waals surface area contributed by atoms with Crippen molar-refractivity contribution in [2.45, 2.75) is 6.42 Å². The lowest BCUT2D eigenvalue weighted by Gasteiger charge is -2.04. The van der Waals surface area contributed by atoms with Crippen molar-refractivity contribution in [3.05, 3.63) is 29.3 Å². The number of amides is 2. The summed E-state index contributed by atoms with van der Waals surface area (Å²) in [5.74, 6) is -0.320. The number of benzene rings is 1. The molecule has 0 atom stereocenters. The van der Waals surface area contributed by atoms with E-state index in [1.54, 1.807) is 18.2 Å². The van der Waals surface area contributed by atoms with Gasteiger partial charge in [-0.25, -0.2) is 0 Å². The molecule has 2 rings (SSSR count). The summed E-state index contributed by atoms with van der Waals surface area (Å²) in [4.78, 5) is 22.3. The third-order valence-electron chi connectivity index (χ3n) is 2.44. The van der Waals surface area contributed by atoms with Gasteiger partial charge in [-0.1, -0.05) is 6.07 Å². The van der Waals surface area contributed by atoms with Crippen LogP contribution in [0, 0.1) is 0 Å². The number of phenolic OH excluding ortho intramolecular Hbond substituents is 1. The number of imide groups is 1. The summed E-state index contributed by atoms with van der Waals surface area (Å²) in [7, 11) is 1.44. The number of carbonyl (C=O) groups excluding carboxylic acids is 2. The van der Waals surface area contributed by atoms with Crippen LogP contribution in [0.25, 0.3) is 6.08 Å². The number of hydrogen-bond donors (Lipinski definition) is 2. The maximum atomic E-state index is 11.3. The lowest BCUT2D eigenvalue weighted by Crippen LogP contribution is -2.19. The first-order chi connectivity index (χ1) is 8.10. The van der Waals surface area contributed by atoms with Crippen LogP contribution in [0.2, 0.25) is 0 Å². The molecule has 1 saturated heterocycles. The fraction of sp³-hybridized carbons (Fsp3) is 0.167. The van der Waals surface area contributed by atoms with Crippen LogP contribution in [0.1, 0.15) is 12.0 Å². The lowest BCUT2D eigenvalue weighted by atomic mass is 10.1. The molecular weight excluding hydrogens is 222 g/mol. The third-order valence-corrected chi connectivity index (χ3v) is 2.44. The molecule has 0 spiro atoms. The number of ether oxygens (including phenoxy) is 1. The predicted octanol–water partition coefficient (Wildman–Crippen LogP) is 0.831. The summed E-state index contributed by atoms with van der Waals surface area (Å²) in [6, 6.07) is 4.71.